The highest BCUT2D eigenvalue weighted by molar-refractivity contribution is 7.99. The van der Waals surface area contributed by atoms with Crippen molar-refractivity contribution in [2.75, 3.05) is 18.1 Å². The quantitative estimate of drug-likeness (QED) is 0.861. The Morgan fingerprint density at radius 2 is 2.12 bits per heavy atom. The first-order chi connectivity index (χ1) is 7.84. The van der Waals surface area contributed by atoms with Crippen molar-refractivity contribution in [3.63, 3.8) is 0 Å². The molecule has 0 aliphatic carbocycles. The van der Waals surface area contributed by atoms with E-state index in [1.165, 1.54) is 35.5 Å². The second kappa shape index (κ2) is 6.31. The molecule has 1 unspecified atom stereocenters. The van der Waals surface area contributed by atoms with E-state index in [4.69, 9.17) is 0 Å². The summed E-state index contributed by atoms with van der Waals surface area (Å²) in [6, 6.07) is 9.64. The maximum Gasteiger partial charge on any atom is 0.0158 e. The van der Waals surface area contributed by atoms with Crippen LogP contribution in [0.4, 0.5) is 0 Å². The smallest absolute Gasteiger partial charge is 0.0158 e. The molecular formula is C14H21NS. The van der Waals surface area contributed by atoms with E-state index in [0.29, 0.717) is 0 Å². The topological polar surface area (TPSA) is 12.0 Å². The van der Waals surface area contributed by atoms with Gasteiger partial charge in [-0.3, -0.25) is 0 Å². The predicted molar refractivity (Wildman–Crippen MR) is 73.2 cm³/mol. The third kappa shape index (κ3) is 3.84. The van der Waals surface area contributed by atoms with Gasteiger partial charge in [0, 0.05) is 11.8 Å². The van der Waals surface area contributed by atoms with Crippen LogP contribution in [0.3, 0.4) is 0 Å². The second-order valence-electron chi connectivity index (χ2n) is 4.60. The minimum atomic E-state index is 0.754. The van der Waals surface area contributed by atoms with Crippen LogP contribution in [0, 0.1) is 6.92 Å². The van der Waals surface area contributed by atoms with Gasteiger partial charge in [-0.1, -0.05) is 29.8 Å². The number of hydrogen-bond donors (Lipinski definition) is 1. The van der Waals surface area contributed by atoms with Gasteiger partial charge in [0.25, 0.3) is 0 Å². The molecule has 88 valence electrons. The summed E-state index contributed by atoms with van der Waals surface area (Å²) in [5.41, 5.74) is 2.79. The molecule has 1 aliphatic rings. The van der Waals surface area contributed by atoms with Crippen LogP contribution < -0.4 is 5.32 Å². The van der Waals surface area contributed by atoms with E-state index in [9.17, 15) is 0 Å². The van der Waals surface area contributed by atoms with E-state index >= 15 is 0 Å². The van der Waals surface area contributed by atoms with Crippen LogP contribution in [0.5, 0.6) is 0 Å². The number of benzene rings is 1. The van der Waals surface area contributed by atoms with Crippen molar-refractivity contribution in [3.05, 3.63) is 35.4 Å². The minimum absolute atomic E-state index is 0.754. The lowest BCUT2D eigenvalue weighted by molar-refractivity contribution is 0.511. The average molecular weight is 235 g/mol. The van der Waals surface area contributed by atoms with Gasteiger partial charge in [-0.15, -0.1) is 0 Å². The van der Waals surface area contributed by atoms with Crippen molar-refractivity contribution in [1.29, 1.82) is 0 Å². The van der Waals surface area contributed by atoms with Gasteiger partial charge in [0.15, 0.2) is 0 Å². The summed E-state index contributed by atoms with van der Waals surface area (Å²) in [6.45, 7) is 3.26. The van der Waals surface area contributed by atoms with Gasteiger partial charge >= 0.3 is 0 Å². The van der Waals surface area contributed by atoms with Gasteiger partial charge in [0.2, 0.25) is 0 Å². The Morgan fingerprint density at radius 3 is 2.81 bits per heavy atom. The summed E-state index contributed by atoms with van der Waals surface area (Å²) in [5, 5.41) is 3.66. The molecule has 0 aromatic heterocycles. The minimum Gasteiger partial charge on any atom is -0.313 e. The number of aryl methyl sites for hydroxylation is 1. The van der Waals surface area contributed by atoms with Gasteiger partial charge in [-0.05, 0) is 44.0 Å². The molecule has 0 bridgehead atoms. The van der Waals surface area contributed by atoms with Crippen molar-refractivity contribution >= 4 is 11.8 Å². The molecule has 0 saturated carbocycles. The van der Waals surface area contributed by atoms with Crippen LogP contribution in [0.15, 0.2) is 24.3 Å². The number of thioether (sulfide) groups is 1. The molecule has 2 heteroatoms. The molecule has 1 saturated heterocycles. The highest BCUT2D eigenvalue weighted by Crippen LogP contribution is 2.16. The van der Waals surface area contributed by atoms with Gasteiger partial charge in [0.1, 0.15) is 0 Å². The number of rotatable bonds is 4. The van der Waals surface area contributed by atoms with Crippen LogP contribution in [-0.2, 0) is 6.42 Å². The summed E-state index contributed by atoms with van der Waals surface area (Å²) in [7, 11) is 0. The number of nitrogens with one attached hydrogen (secondary N) is 1. The Balaban J connectivity index is 1.69. The second-order valence-corrected chi connectivity index (χ2v) is 5.75. The van der Waals surface area contributed by atoms with E-state index in [2.05, 4.69) is 48.3 Å². The normalized spacial score (nSPS) is 20.9. The van der Waals surface area contributed by atoms with Gasteiger partial charge in [-0.2, -0.15) is 11.8 Å². The molecule has 16 heavy (non-hydrogen) atoms. The van der Waals surface area contributed by atoms with Crippen LogP contribution >= 0.6 is 11.8 Å². The standard InChI is InChI=1S/C14H21NS/c1-12-4-6-13(7-5-12)8-9-15-14-3-2-10-16-11-14/h4-7,14-15H,2-3,8-11H2,1H3. The first kappa shape index (κ1) is 12.0. The van der Waals surface area contributed by atoms with E-state index in [-0.39, 0.29) is 0 Å². The summed E-state index contributed by atoms with van der Waals surface area (Å²) in [4.78, 5) is 0. The van der Waals surface area contributed by atoms with Gasteiger partial charge < -0.3 is 5.32 Å². The fraction of sp³-hybridized carbons (Fsp3) is 0.571. The van der Waals surface area contributed by atoms with Crippen molar-refractivity contribution in [1.82, 2.24) is 5.32 Å². The zero-order chi connectivity index (χ0) is 11.2. The van der Waals surface area contributed by atoms with E-state index in [0.717, 1.165) is 19.0 Å². The highest BCUT2D eigenvalue weighted by atomic mass is 32.2. The lowest BCUT2D eigenvalue weighted by Gasteiger charge is -2.22. The largest absolute Gasteiger partial charge is 0.313 e. The summed E-state index contributed by atoms with van der Waals surface area (Å²) in [5.74, 6) is 2.66. The van der Waals surface area contributed by atoms with Gasteiger partial charge in [-0.25, -0.2) is 0 Å². The SMILES string of the molecule is Cc1ccc(CCNC2CCCSC2)cc1. The lowest BCUT2D eigenvalue weighted by Crippen LogP contribution is -2.35. The molecule has 1 aromatic rings. The highest BCUT2D eigenvalue weighted by Gasteiger charge is 2.12. The molecule has 1 N–H and O–H groups in total. The molecule has 1 aliphatic heterocycles. The molecule has 2 rings (SSSR count). The van der Waals surface area contributed by atoms with Crippen LogP contribution in [-0.4, -0.2) is 24.1 Å². The van der Waals surface area contributed by atoms with Gasteiger partial charge in [0.05, 0.1) is 0 Å². The number of hydrogen-bond acceptors (Lipinski definition) is 2. The summed E-state index contributed by atoms with van der Waals surface area (Å²) < 4.78 is 0. The summed E-state index contributed by atoms with van der Waals surface area (Å²) >= 11 is 2.09. The Kier molecular flexibility index (Phi) is 4.73. The average Bonchev–Trinajstić information content (AvgIpc) is 2.33. The lowest BCUT2D eigenvalue weighted by atomic mass is 10.1. The Bertz CT molecular complexity index is 301. The Hall–Kier alpha value is -0.470. The molecular weight excluding hydrogens is 214 g/mol. The third-order valence-electron chi connectivity index (χ3n) is 3.13. The molecule has 1 nitrogen and oxygen atoms in total. The third-order valence-corrected chi connectivity index (χ3v) is 4.34. The summed E-state index contributed by atoms with van der Waals surface area (Å²) in [6.07, 6.45) is 3.90. The Morgan fingerprint density at radius 1 is 1.31 bits per heavy atom. The molecule has 1 atom stereocenters. The van der Waals surface area contributed by atoms with E-state index in [1.807, 2.05) is 0 Å². The van der Waals surface area contributed by atoms with Crippen molar-refractivity contribution in [2.24, 2.45) is 0 Å². The molecule has 1 aromatic carbocycles. The first-order valence-electron chi connectivity index (χ1n) is 6.21. The molecule has 0 radical (unpaired) electrons. The predicted octanol–water partition coefficient (Wildman–Crippen LogP) is 3.02. The maximum atomic E-state index is 3.66. The van der Waals surface area contributed by atoms with Crippen molar-refractivity contribution in [2.45, 2.75) is 32.2 Å². The molecule has 1 fully saturated rings. The molecule has 0 spiro atoms. The fourth-order valence-corrected chi connectivity index (χ4v) is 3.18. The van der Waals surface area contributed by atoms with E-state index in [1.54, 1.807) is 0 Å². The van der Waals surface area contributed by atoms with E-state index < -0.39 is 0 Å². The molecule has 0 amide bonds. The zero-order valence-electron chi connectivity index (χ0n) is 10.0. The molecule has 1 heterocycles. The van der Waals surface area contributed by atoms with Crippen LogP contribution in [0.2, 0.25) is 0 Å². The fourth-order valence-electron chi connectivity index (χ4n) is 2.08. The first-order valence-corrected chi connectivity index (χ1v) is 7.37. The van der Waals surface area contributed by atoms with Crippen LogP contribution in [0.1, 0.15) is 24.0 Å². The van der Waals surface area contributed by atoms with Crippen molar-refractivity contribution < 1.29 is 0 Å². The zero-order valence-corrected chi connectivity index (χ0v) is 10.9. The maximum absolute atomic E-state index is 3.66. The van der Waals surface area contributed by atoms with Crippen molar-refractivity contribution in [3.8, 4) is 0 Å². The monoisotopic (exact) mass is 235 g/mol. The van der Waals surface area contributed by atoms with Crippen LogP contribution in [0.25, 0.3) is 0 Å². The Labute approximate surface area is 103 Å².